The zero-order valence-electron chi connectivity index (χ0n) is 11.6. The summed E-state index contributed by atoms with van der Waals surface area (Å²) in [5.41, 5.74) is 7.92. The summed E-state index contributed by atoms with van der Waals surface area (Å²) in [4.78, 5) is 12.0. The Balaban J connectivity index is 2.74. The summed E-state index contributed by atoms with van der Waals surface area (Å²) in [5, 5.41) is 3.34. The molecule has 3 nitrogen and oxygen atoms in total. The van der Waals surface area contributed by atoms with Crippen LogP contribution in [0.2, 0.25) is 0 Å². The van der Waals surface area contributed by atoms with Gasteiger partial charge < -0.3 is 11.1 Å². The van der Waals surface area contributed by atoms with Crippen LogP contribution in [-0.4, -0.2) is 30.5 Å². The molecule has 1 rings (SSSR count). The molecule has 0 aliphatic heterocycles. The fourth-order valence-electron chi connectivity index (χ4n) is 1.51. The molecule has 1 amide bonds. The first-order valence-electron chi connectivity index (χ1n) is 6.19. The molecule has 0 fully saturated rings. The van der Waals surface area contributed by atoms with Gasteiger partial charge in [0.05, 0.1) is 6.54 Å². The summed E-state index contributed by atoms with van der Waals surface area (Å²) < 4.78 is 0. The third kappa shape index (κ3) is 4.98. The van der Waals surface area contributed by atoms with Gasteiger partial charge in [-0.25, -0.2) is 0 Å². The molecule has 0 saturated carbocycles. The van der Waals surface area contributed by atoms with E-state index in [1.54, 1.807) is 17.8 Å². The summed E-state index contributed by atoms with van der Waals surface area (Å²) >= 11 is 1.73. The molecular weight excluding hydrogens is 256 g/mol. The maximum Gasteiger partial charge on any atom is 0.251 e. The number of thioether (sulfide) groups is 1. The topological polar surface area (TPSA) is 55.1 Å². The van der Waals surface area contributed by atoms with Crippen molar-refractivity contribution < 1.29 is 4.79 Å². The van der Waals surface area contributed by atoms with E-state index >= 15 is 0 Å². The monoisotopic (exact) mass is 276 g/mol. The molecule has 1 atom stereocenters. The van der Waals surface area contributed by atoms with Gasteiger partial charge in [-0.15, -0.1) is 0 Å². The van der Waals surface area contributed by atoms with Crippen LogP contribution in [-0.2, 0) is 0 Å². The third-order valence-corrected chi connectivity index (χ3v) is 3.74. The summed E-state index contributed by atoms with van der Waals surface area (Å²) in [6.07, 6.45) is 2.03. The smallest absolute Gasteiger partial charge is 0.251 e. The third-order valence-electron chi connectivity index (χ3n) is 2.77. The highest BCUT2D eigenvalue weighted by atomic mass is 32.2. The lowest BCUT2D eigenvalue weighted by Crippen LogP contribution is -2.29. The van der Waals surface area contributed by atoms with Gasteiger partial charge in [0.25, 0.3) is 5.91 Å². The SMILES string of the molecule is CSC(C)CNC(=O)c1ccc(C#CCN)c(C)c1. The molecule has 1 aromatic carbocycles. The van der Waals surface area contributed by atoms with Crippen LogP contribution in [0.3, 0.4) is 0 Å². The van der Waals surface area contributed by atoms with E-state index in [2.05, 4.69) is 24.1 Å². The second-order valence-electron chi connectivity index (χ2n) is 4.29. The first kappa shape index (κ1) is 15.6. The van der Waals surface area contributed by atoms with E-state index in [4.69, 9.17) is 5.73 Å². The minimum atomic E-state index is -0.0395. The molecule has 0 aliphatic rings. The van der Waals surface area contributed by atoms with Gasteiger partial charge in [-0.1, -0.05) is 18.8 Å². The maximum absolute atomic E-state index is 12.0. The van der Waals surface area contributed by atoms with Crippen LogP contribution in [0.4, 0.5) is 0 Å². The van der Waals surface area contributed by atoms with Crippen molar-refractivity contribution in [1.82, 2.24) is 5.32 Å². The minimum Gasteiger partial charge on any atom is -0.351 e. The van der Waals surface area contributed by atoms with Crippen molar-refractivity contribution in [2.75, 3.05) is 19.3 Å². The normalized spacial score (nSPS) is 11.4. The lowest BCUT2D eigenvalue weighted by Gasteiger charge is -2.10. The highest BCUT2D eigenvalue weighted by Crippen LogP contribution is 2.10. The van der Waals surface area contributed by atoms with Crippen molar-refractivity contribution in [1.29, 1.82) is 0 Å². The Morgan fingerprint density at radius 1 is 1.53 bits per heavy atom. The Morgan fingerprint density at radius 3 is 2.84 bits per heavy atom. The number of benzene rings is 1. The molecular formula is C15H20N2OS. The number of carbonyl (C=O) groups is 1. The van der Waals surface area contributed by atoms with Crippen LogP contribution in [0.1, 0.15) is 28.4 Å². The van der Waals surface area contributed by atoms with E-state index in [9.17, 15) is 4.79 Å². The number of amides is 1. The molecule has 4 heteroatoms. The molecule has 19 heavy (non-hydrogen) atoms. The van der Waals surface area contributed by atoms with Gasteiger partial charge in [0.2, 0.25) is 0 Å². The molecule has 0 aromatic heterocycles. The van der Waals surface area contributed by atoms with Crippen LogP contribution in [0, 0.1) is 18.8 Å². The number of nitrogens with two attached hydrogens (primary N) is 1. The number of rotatable bonds is 4. The second kappa shape index (κ2) is 7.88. The highest BCUT2D eigenvalue weighted by Gasteiger charge is 2.08. The second-order valence-corrected chi connectivity index (χ2v) is 5.57. The summed E-state index contributed by atoms with van der Waals surface area (Å²) in [5.74, 6) is 5.76. The molecule has 0 aliphatic carbocycles. The Labute approximate surface area is 119 Å². The molecule has 0 spiro atoms. The first-order chi connectivity index (χ1) is 9.08. The summed E-state index contributed by atoms with van der Waals surface area (Å²) in [6.45, 7) is 5.05. The van der Waals surface area contributed by atoms with Crippen LogP contribution in [0.15, 0.2) is 18.2 Å². The molecule has 0 radical (unpaired) electrons. The fourth-order valence-corrected chi connectivity index (χ4v) is 1.76. The van der Waals surface area contributed by atoms with Gasteiger partial charge in [0.15, 0.2) is 0 Å². The predicted molar refractivity (Wildman–Crippen MR) is 82.4 cm³/mol. The number of hydrogen-bond donors (Lipinski definition) is 2. The molecule has 0 bridgehead atoms. The number of hydrogen-bond acceptors (Lipinski definition) is 3. The van der Waals surface area contributed by atoms with Gasteiger partial charge in [-0.05, 0) is 36.9 Å². The lowest BCUT2D eigenvalue weighted by atomic mass is 10.0. The predicted octanol–water partition coefficient (Wildman–Crippen LogP) is 1.79. The van der Waals surface area contributed by atoms with Crippen molar-refractivity contribution in [3.8, 4) is 11.8 Å². The molecule has 1 unspecified atom stereocenters. The molecule has 0 heterocycles. The van der Waals surface area contributed by atoms with E-state index in [0.29, 0.717) is 23.9 Å². The molecule has 3 N–H and O–H groups in total. The van der Waals surface area contributed by atoms with Crippen molar-refractivity contribution in [3.63, 3.8) is 0 Å². The Bertz CT molecular complexity index is 503. The minimum absolute atomic E-state index is 0.0395. The Kier molecular flexibility index (Phi) is 6.48. The average Bonchev–Trinajstić information content (AvgIpc) is 2.42. The highest BCUT2D eigenvalue weighted by molar-refractivity contribution is 7.99. The van der Waals surface area contributed by atoms with E-state index in [1.807, 2.05) is 25.3 Å². The van der Waals surface area contributed by atoms with Gasteiger partial charge in [-0.2, -0.15) is 11.8 Å². The molecule has 1 aromatic rings. The molecule has 102 valence electrons. The number of carbonyl (C=O) groups excluding carboxylic acids is 1. The standard InChI is InChI=1S/C15H20N2OS/c1-11-9-14(7-6-13(11)5-4-8-16)15(18)17-10-12(2)19-3/h6-7,9,12H,8,10,16H2,1-3H3,(H,17,18). The van der Waals surface area contributed by atoms with Gasteiger partial charge in [-0.3, -0.25) is 4.79 Å². The van der Waals surface area contributed by atoms with Crippen LogP contribution in [0.25, 0.3) is 0 Å². The largest absolute Gasteiger partial charge is 0.351 e. The van der Waals surface area contributed by atoms with E-state index in [1.165, 1.54) is 0 Å². The summed E-state index contributed by atoms with van der Waals surface area (Å²) in [7, 11) is 0. The fraction of sp³-hybridized carbons (Fsp3) is 0.400. The van der Waals surface area contributed by atoms with E-state index in [-0.39, 0.29) is 5.91 Å². The van der Waals surface area contributed by atoms with E-state index < -0.39 is 0 Å². The van der Waals surface area contributed by atoms with Gasteiger partial charge in [0.1, 0.15) is 0 Å². The van der Waals surface area contributed by atoms with Crippen molar-refractivity contribution in [2.24, 2.45) is 5.73 Å². The van der Waals surface area contributed by atoms with Crippen LogP contribution in [0.5, 0.6) is 0 Å². The number of aryl methyl sites for hydroxylation is 1. The molecule has 0 saturated heterocycles. The Morgan fingerprint density at radius 2 is 2.26 bits per heavy atom. The van der Waals surface area contributed by atoms with Gasteiger partial charge in [0, 0.05) is 22.9 Å². The van der Waals surface area contributed by atoms with Crippen molar-refractivity contribution >= 4 is 17.7 Å². The Hall–Kier alpha value is -1.44. The van der Waals surface area contributed by atoms with Crippen molar-refractivity contribution in [3.05, 3.63) is 34.9 Å². The maximum atomic E-state index is 12.0. The van der Waals surface area contributed by atoms with E-state index in [0.717, 1.165) is 11.1 Å². The van der Waals surface area contributed by atoms with Crippen LogP contribution >= 0.6 is 11.8 Å². The van der Waals surface area contributed by atoms with Gasteiger partial charge >= 0.3 is 0 Å². The quantitative estimate of drug-likeness (QED) is 0.824. The van der Waals surface area contributed by atoms with Crippen LogP contribution < -0.4 is 11.1 Å². The average molecular weight is 276 g/mol. The summed E-state index contributed by atoms with van der Waals surface area (Å²) in [6, 6.07) is 5.52. The zero-order valence-corrected chi connectivity index (χ0v) is 12.4. The van der Waals surface area contributed by atoms with Crippen molar-refractivity contribution in [2.45, 2.75) is 19.1 Å². The zero-order chi connectivity index (χ0) is 14.3. The number of nitrogens with one attached hydrogen (secondary N) is 1. The lowest BCUT2D eigenvalue weighted by molar-refractivity contribution is 0.0954. The first-order valence-corrected chi connectivity index (χ1v) is 7.47.